The van der Waals surface area contributed by atoms with E-state index in [1.807, 2.05) is 32.0 Å². The number of amides is 1. The van der Waals surface area contributed by atoms with Crippen LogP contribution in [0.4, 0.5) is 13.2 Å². The smallest absolute Gasteiger partial charge is 0.251 e. The second-order valence-electron chi connectivity index (χ2n) is 11.0. The third kappa shape index (κ3) is 6.64. The van der Waals surface area contributed by atoms with Gasteiger partial charge in [0.15, 0.2) is 11.6 Å². The summed E-state index contributed by atoms with van der Waals surface area (Å²) in [5.41, 5.74) is 4.65. The van der Waals surface area contributed by atoms with Gasteiger partial charge in [-0.3, -0.25) is 4.79 Å². The quantitative estimate of drug-likeness (QED) is 0.235. The molecule has 41 heavy (non-hydrogen) atoms. The van der Waals surface area contributed by atoms with Crippen LogP contribution in [0.2, 0.25) is 0 Å². The Morgan fingerprint density at radius 3 is 2.29 bits per heavy atom. The highest BCUT2D eigenvalue weighted by Gasteiger charge is 2.21. The highest BCUT2D eigenvalue weighted by atomic mass is 19.2. The molecule has 1 aliphatic rings. The maximum atomic E-state index is 15.5. The van der Waals surface area contributed by atoms with Crippen molar-refractivity contribution in [1.29, 1.82) is 0 Å². The summed E-state index contributed by atoms with van der Waals surface area (Å²) >= 11 is 0. The van der Waals surface area contributed by atoms with Gasteiger partial charge in [0.1, 0.15) is 18.2 Å². The molecule has 5 rings (SSSR count). The zero-order chi connectivity index (χ0) is 28.9. The van der Waals surface area contributed by atoms with Crippen LogP contribution in [0.5, 0.6) is 5.75 Å². The van der Waals surface area contributed by atoms with Crippen LogP contribution in [0.25, 0.3) is 22.3 Å². The fraction of sp³-hybridized carbons (Fsp3) is 0.286. The summed E-state index contributed by atoms with van der Waals surface area (Å²) in [6.45, 7) is 3.72. The van der Waals surface area contributed by atoms with Crippen LogP contribution in [0.1, 0.15) is 73.4 Å². The van der Waals surface area contributed by atoms with Gasteiger partial charge in [0, 0.05) is 23.2 Å². The average Bonchev–Trinajstić information content (AvgIpc) is 2.97. The summed E-state index contributed by atoms with van der Waals surface area (Å²) in [6, 6.07) is 21.5. The third-order valence-corrected chi connectivity index (χ3v) is 7.65. The Hall–Kier alpha value is -4.06. The molecule has 0 aromatic heterocycles. The standard InChI is InChI=1S/C35H34F3NO2/c1-22(2)39-35(40)25-12-15-28(24-13-17-32(36)34(38)19-24)26(18-25)21-41-27-14-16-31(33(37)20-27)30-11-7-6-10-29(30)23-8-4-3-5-9-23/h6-7,10-20,22-23H,3-5,8-9,21H2,1-2H3,(H,39,40). The van der Waals surface area contributed by atoms with Crippen LogP contribution < -0.4 is 10.1 Å². The van der Waals surface area contributed by atoms with Gasteiger partial charge in [0.2, 0.25) is 0 Å². The van der Waals surface area contributed by atoms with Crippen molar-refractivity contribution in [3.63, 3.8) is 0 Å². The van der Waals surface area contributed by atoms with E-state index in [4.69, 9.17) is 4.74 Å². The number of hydrogen-bond donors (Lipinski definition) is 1. The van der Waals surface area contributed by atoms with Gasteiger partial charge in [0.25, 0.3) is 5.91 Å². The van der Waals surface area contributed by atoms with Crippen molar-refractivity contribution in [2.45, 2.75) is 64.5 Å². The van der Waals surface area contributed by atoms with Gasteiger partial charge in [0.05, 0.1) is 0 Å². The van der Waals surface area contributed by atoms with Gasteiger partial charge in [-0.15, -0.1) is 0 Å². The first kappa shape index (κ1) is 28.5. The van der Waals surface area contributed by atoms with Gasteiger partial charge in [-0.05, 0) is 96.8 Å². The number of carbonyl (C=O) groups is 1. The highest BCUT2D eigenvalue weighted by molar-refractivity contribution is 5.95. The molecule has 0 atom stereocenters. The van der Waals surface area contributed by atoms with Crippen molar-refractivity contribution in [1.82, 2.24) is 5.32 Å². The molecule has 1 saturated carbocycles. The average molecular weight is 558 g/mol. The molecule has 4 aromatic rings. The Kier molecular flexibility index (Phi) is 8.77. The minimum absolute atomic E-state index is 0.00538. The number of ether oxygens (including phenoxy) is 1. The largest absolute Gasteiger partial charge is 0.489 e. The Morgan fingerprint density at radius 1 is 0.805 bits per heavy atom. The van der Waals surface area contributed by atoms with Crippen molar-refractivity contribution in [2.75, 3.05) is 0 Å². The van der Waals surface area contributed by atoms with Crippen molar-refractivity contribution in [3.8, 4) is 28.0 Å². The van der Waals surface area contributed by atoms with E-state index in [0.717, 1.165) is 30.5 Å². The summed E-state index contributed by atoms with van der Waals surface area (Å²) in [7, 11) is 0. The Labute approximate surface area is 239 Å². The molecule has 0 saturated heterocycles. The lowest BCUT2D eigenvalue weighted by Crippen LogP contribution is -2.30. The number of carbonyl (C=O) groups excluding carboxylic acids is 1. The van der Waals surface area contributed by atoms with Gasteiger partial charge < -0.3 is 10.1 Å². The molecular weight excluding hydrogens is 523 g/mol. The van der Waals surface area contributed by atoms with E-state index < -0.39 is 11.6 Å². The third-order valence-electron chi connectivity index (χ3n) is 7.65. The summed E-state index contributed by atoms with van der Waals surface area (Å²) < 4.78 is 49.2. The van der Waals surface area contributed by atoms with E-state index in [-0.39, 0.29) is 24.4 Å². The van der Waals surface area contributed by atoms with E-state index in [9.17, 15) is 13.6 Å². The van der Waals surface area contributed by atoms with E-state index in [0.29, 0.717) is 39.5 Å². The van der Waals surface area contributed by atoms with Crippen molar-refractivity contribution >= 4 is 5.91 Å². The van der Waals surface area contributed by atoms with E-state index >= 15 is 4.39 Å². The van der Waals surface area contributed by atoms with Crippen molar-refractivity contribution < 1.29 is 22.7 Å². The van der Waals surface area contributed by atoms with Crippen LogP contribution >= 0.6 is 0 Å². The summed E-state index contributed by atoms with van der Waals surface area (Å²) in [6.07, 6.45) is 5.88. The maximum absolute atomic E-state index is 15.5. The number of benzene rings is 4. The van der Waals surface area contributed by atoms with Crippen LogP contribution in [0, 0.1) is 17.5 Å². The van der Waals surface area contributed by atoms with Crippen LogP contribution in [-0.4, -0.2) is 11.9 Å². The normalized spacial score (nSPS) is 13.8. The molecule has 4 aromatic carbocycles. The summed E-state index contributed by atoms with van der Waals surface area (Å²) in [4.78, 5) is 12.7. The lowest BCUT2D eigenvalue weighted by Gasteiger charge is -2.24. The lowest BCUT2D eigenvalue weighted by molar-refractivity contribution is 0.0943. The molecule has 0 radical (unpaired) electrons. The molecule has 0 aliphatic heterocycles. The molecule has 1 fully saturated rings. The number of nitrogens with one attached hydrogen (secondary N) is 1. The molecule has 0 spiro atoms. The molecule has 0 bridgehead atoms. The zero-order valence-corrected chi connectivity index (χ0v) is 23.4. The zero-order valence-electron chi connectivity index (χ0n) is 23.4. The second-order valence-corrected chi connectivity index (χ2v) is 11.0. The first-order chi connectivity index (χ1) is 19.8. The monoisotopic (exact) mass is 557 g/mol. The number of hydrogen-bond acceptors (Lipinski definition) is 2. The molecule has 1 aliphatic carbocycles. The molecule has 0 unspecified atom stereocenters. The van der Waals surface area contributed by atoms with E-state index in [2.05, 4.69) is 11.4 Å². The molecule has 1 amide bonds. The molecular formula is C35H34F3NO2. The Bertz CT molecular complexity index is 1540. The van der Waals surface area contributed by atoms with Crippen molar-refractivity contribution in [2.24, 2.45) is 0 Å². The second kappa shape index (κ2) is 12.6. The van der Waals surface area contributed by atoms with Crippen molar-refractivity contribution in [3.05, 3.63) is 113 Å². The first-order valence-electron chi connectivity index (χ1n) is 14.2. The fourth-order valence-electron chi connectivity index (χ4n) is 5.62. The first-order valence-corrected chi connectivity index (χ1v) is 14.2. The van der Waals surface area contributed by atoms with Gasteiger partial charge in [-0.2, -0.15) is 0 Å². The Balaban J connectivity index is 1.42. The van der Waals surface area contributed by atoms with Gasteiger partial charge >= 0.3 is 0 Å². The van der Waals surface area contributed by atoms with Gasteiger partial charge in [-0.25, -0.2) is 13.2 Å². The highest BCUT2D eigenvalue weighted by Crippen LogP contribution is 2.39. The van der Waals surface area contributed by atoms with E-state index in [1.54, 1.807) is 30.3 Å². The predicted octanol–water partition coefficient (Wildman–Crippen LogP) is 9.20. The van der Waals surface area contributed by atoms with E-state index in [1.165, 1.54) is 37.0 Å². The number of rotatable bonds is 8. The van der Waals surface area contributed by atoms with Gasteiger partial charge in [-0.1, -0.05) is 55.7 Å². The summed E-state index contributed by atoms with van der Waals surface area (Å²) in [5, 5.41) is 2.85. The Morgan fingerprint density at radius 2 is 1.56 bits per heavy atom. The molecule has 3 nitrogen and oxygen atoms in total. The minimum Gasteiger partial charge on any atom is -0.489 e. The lowest BCUT2D eigenvalue weighted by atomic mass is 9.81. The molecule has 1 N–H and O–H groups in total. The molecule has 0 heterocycles. The van der Waals surface area contributed by atoms with Crippen LogP contribution in [0.15, 0.2) is 78.9 Å². The molecule has 212 valence electrons. The minimum atomic E-state index is -0.970. The molecule has 6 heteroatoms. The topological polar surface area (TPSA) is 38.3 Å². The summed E-state index contributed by atoms with van der Waals surface area (Å²) in [5.74, 6) is -1.79. The SMILES string of the molecule is CC(C)NC(=O)c1ccc(-c2ccc(F)c(F)c2)c(COc2ccc(-c3ccccc3C3CCCCC3)c(F)c2)c1. The fourth-order valence-corrected chi connectivity index (χ4v) is 5.62. The predicted molar refractivity (Wildman–Crippen MR) is 156 cm³/mol. The maximum Gasteiger partial charge on any atom is 0.251 e. The van der Waals surface area contributed by atoms with Crippen LogP contribution in [-0.2, 0) is 6.61 Å². The number of halogens is 3. The van der Waals surface area contributed by atoms with Crippen LogP contribution in [0.3, 0.4) is 0 Å².